The van der Waals surface area contributed by atoms with E-state index in [-0.39, 0.29) is 23.1 Å². The van der Waals surface area contributed by atoms with Gasteiger partial charge < -0.3 is 25.1 Å². The lowest BCUT2D eigenvalue weighted by atomic mass is 9.79. The molecule has 1 fully saturated rings. The Morgan fingerprint density at radius 2 is 1.59 bits per heavy atom. The number of carbonyl (C=O) groups excluding carboxylic acids is 1. The van der Waals surface area contributed by atoms with Crippen LogP contribution in [-0.4, -0.2) is 39.3 Å². The molecule has 0 spiro atoms. The van der Waals surface area contributed by atoms with Gasteiger partial charge in [-0.25, -0.2) is 8.42 Å². The predicted octanol–water partition coefficient (Wildman–Crippen LogP) is 7.40. The molecule has 1 aliphatic carbocycles. The molecule has 250 valence electrons. The van der Waals surface area contributed by atoms with E-state index in [0.29, 0.717) is 29.6 Å². The van der Waals surface area contributed by atoms with Gasteiger partial charge in [0, 0.05) is 37.3 Å². The number of rotatable bonds is 8. The van der Waals surface area contributed by atoms with Crippen LogP contribution in [0.1, 0.15) is 97.4 Å². The van der Waals surface area contributed by atoms with Crippen molar-refractivity contribution >= 4 is 15.7 Å². The van der Waals surface area contributed by atoms with E-state index in [0.717, 1.165) is 30.3 Å². The van der Waals surface area contributed by atoms with Crippen molar-refractivity contribution in [2.45, 2.75) is 99.4 Å². The Bertz CT molecular complexity index is 1580. The molecule has 1 aromatic heterocycles. The molecule has 2 aromatic carbocycles. The fourth-order valence-corrected chi connectivity index (χ4v) is 8.09. The molecule has 2 heterocycles. The molecular weight excluding hydrogens is 619 g/mol. The number of aromatic amines is 1. The number of hydrogen-bond acceptors (Lipinski definition) is 6. The van der Waals surface area contributed by atoms with Gasteiger partial charge in [-0.05, 0) is 60.2 Å². The lowest BCUT2D eigenvalue weighted by Gasteiger charge is -2.31. The summed E-state index contributed by atoms with van der Waals surface area (Å²) in [6, 6.07) is 10.6. The van der Waals surface area contributed by atoms with Gasteiger partial charge in [0.05, 0.1) is 12.0 Å². The summed E-state index contributed by atoms with van der Waals surface area (Å²) >= 11 is 0. The van der Waals surface area contributed by atoms with Gasteiger partial charge in [0.1, 0.15) is 22.1 Å². The van der Waals surface area contributed by atoms with Gasteiger partial charge in [-0.2, -0.15) is 0 Å². The number of ether oxygens (including phenoxy) is 2. The van der Waals surface area contributed by atoms with Crippen molar-refractivity contribution in [2.75, 3.05) is 13.7 Å². The quantitative estimate of drug-likeness (QED) is 0.232. The minimum atomic E-state index is -4.98. The maximum atomic E-state index is 13.3. The Morgan fingerprint density at radius 1 is 0.935 bits per heavy atom. The van der Waals surface area contributed by atoms with Crippen LogP contribution in [0.2, 0.25) is 0 Å². The van der Waals surface area contributed by atoms with Crippen LogP contribution >= 0.6 is 0 Å². The zero-order valence-corrected chi connectivity index (χ0v) is 26.9. The number of alkyl halides is 3. The van der Waals surface area contributed by atoms with Crippen molar-refractivity contribution in [3.05, 3.63) is 71.0 Å². The van der Waals surface area contributed by atoms with E-state index < -0.39 is 26.8 Å². The van der Waals surface area contributed by atoms with E-state index in [1.165, 1.54) is 89.1 Å². The van der Waals surface area contributed by atoms with E-state index in [1.807, 2.05) is 6.07 Å². The molecule has 8 nitrogen and oxygen atoms in total. The number of methoxy groups -OCH3 is 1. The Labute approximate surface area is 268 Å². The molecule has 0 bridgehead atoms. The number of aromatic nitrogens is 1. The Balaban J connectivity index is 1.24. The molecule has 5 rings (SSSR count). The van der Waals surface area contributed by atoms with Crippen LogP contribution in [0.25, 0.3) is 0 Å². The second kappa shape index (κ2) is 14.9. The molecule has 3 aromatic rings. The molecule has 3 N–H and O–H groups in total. The number of hydrogen-bond donors (Lipinski definition) is 3. The summed E-state index contributed by atoms with van der Waals surface area (Å²) < 4.78 is 73.8. The number of amides is 1. The lowest BCUT2D eigenvalue weighted by molar-refractivity contribution is -0.274. The van der Waals surface area contributed by atoms with Crippen LogP contribution in [-0.2, 0) is 22.9 Å². The molecule has 0 radical (unpaired) electrons. The highest BCUT2D eigenvalue weighted by Crippen LogP contribution is 2.37. The van der Waals surface area contributed by atoms with Crippen molar-refractivity contribution in [3.8, 4) is 11.5 Å². The molecule has 2 aliphatic rings. The van der Waals surface area contributed by atoms with Crippen LogP contribution in [0.4, 0.5) is 13.2 Å². The lowest BCUT2D eigenvalue weighted by Crippen LogP contribution is -2.32. The summed E-state index contributed by atoms with van der Waals surface area (Å²) in [5.41, 5.74) is 3.45. The summed E-state index contributed by atoms with van der Waals surface area (Å²) in [4.78, 5) is 16.0. The third-order valence-electron chi connectivity index (χ3n) is 9.04. The first-order valence-electron chi connectivity index (χ1n) is 16.0. The number of H-pyrrole nitrogens is 1. The molecule has 0 saturated heterocycles. The first-order chi connectivity index (χ1) is 22.0. The van der Waals surface area contributed by atoms with Gasteiger partial charge in [-0.1, -0.05) is 63.5 Å². The summed E-state index contributed by atoms with van der Waals surface area (Å²) in [5.74, 6) is -0.120. The second-order valence-electron chi connectivity index (χ2n) is 12.2. The minimum Gasteiger partial charge on any atom is -0.495 e. The first-order valence-corrected chi connectivity index (χ1v) is 17.5. The largest absolute Gasteiger partial charge is 0.573 e. The van der Waals surface area contributed by atoms with Gasteiger partial charge >= 0.3 is 6.36 Å². The first kappa shape index (κ1) is 33.8. The van der Waals surface area contributed by atoms with Crippen LogP contribution in [0, 0.1) is 5.92 Å². The number of nitrogens with one attached hydrogen (secondary N) is 3. The zero-order valence-electron chi connectivity index (χ0n) is 26.0. The summed E-state index contributed by atoms with van der Waals surface area (Å²) in [6.07, 6.45) is 7.80. The van der Waals surface area contributed by atoms with Gasteiger partial charge in [0.25, 0.3) is 5.91 Å². The fourth-order valence-electron chi connectivity index (χ4n) is 6.66. The summed E-state index contributed by atoms with van der Waals surface area (Å²) in [6.45, 7) is 1.78. The predicted molar refractivity (Wildman–Crippen MR) is 168 cm³/mol. The van der Waals surface area contributed by atoms with Crippen LogP contribution in [0.3, 0.4) is 0 Å². The SMILES string of the molecule is COc1ccc(OC(F)(F)F)cc1S(=O)(=O)c1ccc(CNC(=O)c2cc3c([nH]2)C(C2CCCCCCCCCC2)CNC3)cc1. The standard InChI is InChI=1S/C34H42F3N3O5S/c1-44-30-17-14-26(45-34(35,36)37)19-31(30)46(42,43)27-15-12-23(13-16-27)20-39-33(41)29-18-25-21-38-22-28(32(25)40-29)24-10-8-6-4-2-3-5-7-9-11-24/h12-19,24,28,38,40H,2-11,20-22H2,1H3,(H,39,41). The average Bonchev–Trinajstić information content (AvgIpc) is 3.45. The highest BCUT2D eigenvalue weighted by molar-refractivity contribution is 7.91. The third kappa shape index (κ3) is 8.44. The Morgan fingerprint density at radius 3 is 2.22 bits per heavy atom. The Kier molecular flexibility index (Phi) is 11.0. The number of carbonyl (C=O) groups is 1. The normalized spacial score (nSPS) is 18.7. The van der Waals surface area contributed by atoms with Crippen molar-refractivity contribution in [1.82, 2.24) is 15.6 Å². The van der Waals surface area contributed by atoms with Crippen LogP contribution in [0.15, 0.2) is 58.3 Å². The molecule has 1 aliphatic heterocycles. The summed E-state index contributed by atoms with van der Waals surface area (Å²) in [7, 11) is -3.02. The van der Waals surface area contributed by atoms with E-state index in [2.05, 4.69) is 20.4 Å². The highest BCUT2D eigenvalue weighted by atomic mass is 32.2. The van der Waals surface area contributed by atoms with Crippen molar-refractivity contribution in [3.63, 3.8) is 0 Å². The highest BCUT2D eigenvalue weighted by Gasteiger charge is 2.33. The minimum absolute atomic E-state index is 0.118. The molecule has 1 atom stereocenters. The molecule has 12 heteroatoms. The molecule has 1 unspecified atom stereocenters. The maximum absolute atomic E-state index is 13.3. The number of sulfone groups is 1. The van der Waals surface area contributed by atoms with E-state index in [9.17, 15) is 26.4 Å². The number of halogens is 3. The van der Waals surface area contributed by atoms with E-state index >= 15 is 0 Å². The van der Waals surface area contributed by atoms with Crippen LogP contribution in [0.5, 0.6) is 11.5 Å². The van der Waals surface area contributed by atoms with E-state index in [4.69, 9.17) is 4.74 Å². The molecule has 1 amide bonds. The molecule has 46 heavy (non-hydrogen) atoms. The second-order valence-corrected chi connectivity index (χ2v) is 14.1. The fraction of sp³-hybridized carbons (Fsp3) is 0.500. The van der Waals surface area contributed by atoms with Gasteiger partial charge in [-0.15, -0.1) is 13.2 Å². The van der Waals surface area contributed by atoms with Gasteiger partial charge in [0.15, 0.2) is 0 Å². The van der Waals surface area contributed by atoms with Gasteiger partial charge in [-0.3, -0.25) is 4.79 Å². The number of fused-ring (bicyclic) bond motifs is 1. The smallest absolute Gasteiger partial charge is 0.495 e. The van der Waals surface area contributed by atoms with E-state index in [1.54, 1.807) is 12.1 Å². The van der Waals surface area contributed by atoms with Crippen molar-refractivity contribution < 1.29 is 35.9 Å². The average molecular weight is 662 g/mol. The van der Waals surface area contributed by atoms with Crippen molar-refractivity contribution in [2.24, 2.45) is 5.92 Å². The van der Waals surface area contributed by atoms with Crippen LogP contribution < -0.4 is 20.1 Å². The topological polar surface area (TPSA) is 110 Å². The van der Waals surface area contributed by atoms with Gasteiger partial charge in [0.2, 0.25) is 9.84 Å². The third-order valence-corrected chi connectivity index (χ3v) is 10.8. The summed E-state index contributed by atoms with van der Waals surface area (Å²) in [5, 5.41) is 6.47. The maximum Gasteiger partial charge on any atom is 0.573 e. The molecule has 1 saturated carbocycles. The molecular formula is C34H42F3N3O5S. The Hall–Kier alpha value is -3.51. The monoisotopic (exact) mass is 661 g/mol. The number of benzene rings is 2. The zero-order chi connectivity index (χ0) is 32.7. The van der Waals surface area contributed by atoms with Crippen molar-refractivity contribution in [1.29, 1.82) is 0 Å².